The molecule has 2 amide bonds. The van der Waals surface area contributed by atoms with Crippen molar-refractivity contribution in [3.05, 3.63) is 58.9 Å². The van der Waals surface area contributed by atoms with Crippen molar-refractivity contribution in [2.45, 2.75) is 13.3 Å². The van der Waals surface area contributed by atoms with Crippen molar-refractivity contribution < 1.29 is 9.59 Å². The highest BCUT2D eigenvalue weighted by Gasteiger charge is 2.27. The fraction of sp³-hybridized carbons (Fsp3) is 0.316. The van der Waals surface area contributed by atoms with Gasteiger partial charge >= 0.3 is 0 Å². The van der Waals surface area contributed by atoms with E-state index in [1.165, 1.54) is 11.3 Å². The lowest BCUT2D eigenvalue weighted by Gasteiger charge is -2.34. The maximum Gasteiger partial charge on any atom is 0.265 e. The van der Waals surface area contributed by atoms with Crippen molar-refractivity contribution in [1.29, 1.82) is 0 Å². The Balaban J connectivity index is 1.38. The van der Waals surface area contributed by atoms with E-state index < -0.39 is 0 Å². The Kier molecular flexibility index (Phi) is 4.46. The summed E-state index contributed by atoms with van der Waals surface area (Å²) in [7, 11) is 0. The van der Waals surface area contributed by atoms with E-state index in [4.69, 9.17) is 0 Å². The number of carbonyl (C=O) groups excluding carboxylic acids is 2. The lowest BCUT2D eigenvalue weighted by Crippen LogP contribution is -2.51. The summed E-state index contributed by atoms with van der Waals surface area (Å²) >= 11 is 1.42. The lowest BCUT2D eigenvalue weighted by molar-refractivity contribution is -0.131. The zero-order chi connectivity index (χ0) is 18.1. The standard InChI is InChI=1S/C19H20N4O2S/c1-14-17(26-19-20-7-8-23(14)19)18(25)22-11-9-21(10-12-22)16(24)13-15-5-3-2-4-6-15/h2-8H,9-13H2,1H3. The maximum atomic E-state index is 12.8. The molecule has 0 unspecified atom stereocenters. The second kappa shape index (κ2) is 6.92. The molecule has 3 heterocycles. The van der Waals surface area contributed by atoms with E-state index in [1.807, 2.05) is 57.7 Å². The monoisotopic (exact) mass is 368 g/mol. The van der Waals surface area contributed by atoms with Crippen LogP contribution in [0.4, 0.5) is 0 Å². The van der Waals surface area contributed by atoms with E-state index in [9.17, 15) is 9.59 Å². The zero-order valence-electron chi connectivity index (χ0n) is 14.6. The molecule has 134 valence electrons. The minimum absolute atomic E-state index is 0.0353. The zero-order valence-corrected chi connectivity index (χ0v) is 15.4. The molecule has 26 heavy (non-hydrogen) atoms. The molecule has 0 atom stereocenters. The Hall–Kier alpha value is -2.67. The van der Waals surface area contributed by atoms with Crippen LogP contribution in [0.3, 0.4) is 0 Å². The lowest BCUT2D eigenvalue weighted by atomic mass is 10.1. The molecule has 2 aromatic heterocycles. The average molecular weight is 368 g/mol. The molecule has 1 aromatic carbocycles. The average Bonchev–Trinajstić information content (AvgIpc) is 3.25. The second-order valence-corrected chi connectivity index (χ2v) is 7.41. The molecule has 1 aliphatic heterocycles. The highest BCUT2D eigenvalue weighted by Crippen LogP contribution is 2.23. The quantitative estimate of drug-likeness (QED) is 0.712. The number of rotatable bonds is 3. The number of benzene rings is 1. The van der Waals surface area contributed by atoms with Crippen LogP contribution in [0.5, 0.6) is 0 Å². The first-order valence-electron chi connectivity index (χ1n) is 8.67. The van der Waals surface area contributed by atoms with Gasteiger partial charge in [-0.3, -0.25) is 14.0 Å². The SMILES string of the molecule is Cc1c(C(=O)N2CCN(C(=O)Cc3ccccc3)CC2)sc2nccn12. The summed E-state index contributed by atoms with van der Waals surface area (Å²) in [5.74, 6) is 0.155. The number of nitrogens with zero attached hydrogens (tertiary/aromatic N) is 4. The number of aryl methyl sites for hydroxylation is 1. The molecule has 3 aromatic rings. The van der Waals surface area contributed by atoms with E-state index >= 15 is 0 Å². The first-order chi connectivity index (χ1) is 12.6. The van der Waals surface area contributed by atoms with Crippen molar-refractivity contribution in [3.63, 3.8) is 0 Å². The molecule has 7 heteroatoms. The number of thiazole rings is 1. The molecule has 6 nitrogen and oxygen atoms in total. The number of carbonyl (C=O) groups is 2. The fourth-order valence-electron chi connectivity index (χ4n) is 3.28. The molecular weight excluding hydrogens is 348 g/mol. The number of hydrogen-bond acceptors (Lipinski definition) is 4. The van der Waals surface area contributed by atoms with Gasteiger partial charge in [-0.2, -0.15) is 0 Å². The van der Waals surface area contributed by atoms with Crippen molar-refractivity contribution in [2.24, 2.45) is 0 Å². The second-order valence-electron chi connectivity index (χ2n) is 6.43. The molecule has 0 bridgehead atoms. The summed E-state index contributed by atoms with van der Waals surface area (Å²) in [5.41, 5.74) is 1.95. The van der Waals surface area contributed by atoms with Crippen LogP contribution in [0.15, 0.2) is 42.7 Å². The van der Waals surface area contributed by atoms with Gasteiger partial charge in [0.15, 0.2) is 4.96 Å². The van der Waals surface area contributed by atoms with Gasteiger partial charge in [0, 0.05) is 44.3 Å². The van der Waals surface area contributed by atoms with Gasteiger partial charge in [0.1, 0.15) is 4.88 Å². The van der Waals surface area contributed by atoms with Crippen LogP contribution in [-0.2, 0) is 11.2 Å². The normalized spacial score (nSPS) is 14.8. The molecule has 1 saturated heterocycles. The van der Waals surface area contributed by atoms with E-state index in [-0.39, 0.29) is 11.8 Å². The molecule has 0 radical (unpaired) electrons. The fourth-order valence-corrected chi connectivity index (χ4v) is 4.33. The van der Waals surface area contributed by atoms with Crippen LogP contribution >= 0.6 is 11.3 Å². The predicted octanol–water partition coefficient (Wildman–Crippen LogP) is 2.23. The van der Waals surface area contributed by atoms with Crippen molar-refractivity contribution in [2.75, 3.05) is 26.2 Å². The highest BCUT2D eigenvalue weighted by molar-refractivity contribution is 7.19. The third-order valence-electron chi connectivity index (χ3n) is 4.80. The third kappa shape index (κ3) is 3.10. The van der Waals surface area contributed by atoms with Gasteiger partial charge in [0.2, 0.25) is 5.91 Å². The molecular formula is C19H20N4O2S. The largest absolute Gasteiger partial charge is 0.339 e. The van der Waals surface area contributed by atoms with Crippen molar-refractivity contribution >= 4 is 28.1 Å². The number of imidazole rings is 1. The summed E-state index contributed by atoms with van der Waals surface area (Å²) in [4.78, 5) is 34.8. The van der Waals surface area contributed by atoms with Crippen LogP contribution in [0.25, 0.3) is 4.96 Å². The van der Waals surface area contributed by atoms with E-state index in [0.717, 1.165) is 21.1 Å². The molecule has 0 spiro atoms. The highest BCUT2D eigenvalue weighted by atomic mass is 32.1. The summed E-state index contributed by atoms with van der Waals surface area (Å²) in [6.45, 7) is 4.24. The molecule has 0 aliphatic carbocycles. The number of aromatic nitrogens is 2. The minimum Gasteiger partial charge on any atom is -0.339 e. The minimum atomic E-state index is 0.0353. The number of piperazine rings is 1. The van der Waals surface area contributed by atoms with Crippen molar-refractivity contribution in [3.8, 4) is 0 Å². The van der Waals surface area contributed by atoms with E-state index in [0.29, 0.717) is 32.6 Å². The molecule has 1 aliphatic rings. The Labute approximate surface area is 155 Å². The Morgan fingerprint density at radius 3 is 2.46 bits per heavy atom. The summed E-state index contributed by atoms with van der Waals surface area (Å²) in [6, 6.07) is 9.77. The first-order valence-corrected chi connectivity index (χ1v) is 9.48. The van der Waals surface area contributed by atoms with E-state index in [2.05, 4.69) is 4.98 Å². The van der Waals surface area contributed by atoms with Gasteiger partial charge < -0.3 is 9.80 Å². The Bertz CT molecular complexity index is 939. The molecule has 1 fully saturated rings. The summed E-state index contributed by atoms with van der Waals surface area (Å²) < 4.78 is 1.94. The molecule has 0 N–H and O–H groups in total. The van der Waals surface area contributed by atoms with Crippen LogP contribution in [0, 0.1) is 6.92 Å². The Morgan fingerprint density at radius 1 is 1.08 bits per heavy atom. The smallest absolute Gasteiger partial charge is 0.265 e. The van der Waals surface area contributed by atoms with Crippen LogP contribution in [-0.4, -0.2) is 57.2 Å². The topological polar surface area (TPSA) is 57.9 Å². The predicted molar refractivity (Wildman–Crippen MR) is 100 cm³/mol. The van der Waals surface area contributed by atoms with Crippen LogP contribution in [0.2, 0.25) is 0 Å². The van der Waals surface area contributed by atoms with Gasteiger partial charge in [0.05, 0.1) is 6.42 Å². The van der Waals surface area contributed by atoms with Crippen LogP contribution in [0.1, 0.15) is 20.9 Å². The molecule has 4 rings (SSSR count). The van der Waals surface area contributed by atoms with Gasteiger partial charge in [-0.25, -0.2) is 4.98 Å². The van der Waals surface area contributed by atoms with Gasteiger partial charge in [-0.15, -0.1) is 0 Å². The maximum absolute atomic E-state index is 12.8. The number of amides is 2. The van der Waals surface area contributed by atoms with Gasteiger partial charge in [0.25, 0.3) is 5.91 Å². The number of fused-ring (bicyclic) bond motifs is 1. The third-order valence-corrected chi connectivity index (χ3v) is 5.96. The van der Waals surface area contributed by atoms with Crippen molar-refractivity contribution in [1.82, 2.24) is 19.2 Å². The number of hydrogen-bond donors (Lipinski definition) is 0. The van der Waals surface area contributed by atoms with E-state index in [1.54, 1.807) is 6.20 Å². The Morgan fingerprint density at radius 2 is 1.77 bits per heavy atom. The molecule has 0 saturated carbocycles. The summed E-state index contributed by atoms with van der Waals surface area (Å²) in [6.07, 6.45) is 4.03. The first kappa shape index (κ1) is 16.8. The van der Waals surface area contributed by atoms with Gasteiger partial charge in [-0.05, 0) is 12.5 Å². The van der Waals surface area contributed by atoms with Crippen LogP contribution < -0.4 is 0 Å². The summed E-state index contributed by atoms with van der Waals surface area (Å²) in [5, 5.41) is 0. The van der Waals surface area contributed by atoms with Gasteiger partial charge in [-0.1, -0.05) is 41.7 Å².